The Morgan fingerprint density at radius 2 is 1.88 bits per heavy atom. The van der Waals surface area contributed by atoms with Gasteiger partial charge in [-0.25, -0.2) is 4.98 Å². The molecule has 0 aromatic carbocycles. The molecule has 0 fully saturated rings. The number of hydrogen-bond donors (Lipinski definition) is 0. The number of rotatable bonds is 0. The van der Waals surface area contributed by atoms with Crippen molar-refractivity contribution in [1.82, 2.24) is 4.98 Å². The SMILES string of the molecule is [2H]c1cc(Cl)nc(Cl)c1. The quantitative estimate of drug-likeness (QED) is 0.516. The largest absolute Gasteiger partial charge is 0.224 e. The maximum absolute atomic E-state index is 7.07. The summed E-state index contributed by atoms with van der Waals surface area (Å²) < 4.78 is 7.07. The van der Waals surface area contributed by atoms with E-state index in [2.05, 4.69) is 4.98 Å². The summed E-state index contributed by atoms with van der Waals surface area (Å²) >= 11 is 10.9. The van der Waals surface area contributed by atoms with Gasteiger partial charge in [0.15, 0.2) is 0 Å². The van der Waals surface area contributed by atoms with Crippen molar-refractivity contribution in [2.75, 3.05) is 0 Å². The van der Waals surface area contributed by atoms with Crippen LogP contribution in [-0.4, -0.2) is 4.98 Å². The van der Waals surface area contributed by atoms with Gasteiger partial charge in [0, 0.05) is 0 Å². The summed E-state index contributed by atoms with van der Waals surface area (Å²) in [5.41, 5.74) is 0. The van der Waals surface area contributed by atoms with Crippen LogP contribution >= 0.6 is 23.2 Å². The van der Waals surface area contributed by atoms with E-state index in [9.17, 15) is 0 Å². The second kappa shape index (κ2) is 2.33. The second-order valence-corrected chi connectivity index (χ2v) is 1.99. The van der Waals surface area contributed by atoms with Gasteiger partial charge in [-0.1, -0.05) is 29.2 Å². The number of pyridine rings is 1. The molecular weight excluding hydrogens is 145 g/mol. The first kappa shape index (κ1) is 4.59. The summed E-state index contributed by atoms with van der Waals surface area (Å²) in [6.45, 7) is 0. The molecular formula is C5H3Cl2N. The molecule has 0 aliphatic rings. The van der Waals surface area contributed by atoms with Crippen molar-refractivity contribution in [2.24, 2.45) is 0 Å². The number of aromatic nitrogens is 1. The van der Waals surface area contributed by atoms with E-state index in [1.807, 2.05) is 0 Å². The molecule has 1 aromatic heterocycles. The predicted molar refractivity (Wildman–Crippen MR) is 34.3 cm³/mol. The molecule has 0 bridgehead atoms. The third-order valence-corrected chi connectivity index (χ3v) is 1.01. The second-order valence-electron chi connectivity index (χ2n) is 1.21. The average molecular weight is 149 g/mol. The minimum absolute atomic E-state index is 0.257. The van der Waals surface area contributed by atoms with Crippen LogP contribution in [0.1, 0.15) is 1.37 Å². The van der Waals surface area contributed by atoms with Crippen LogP contribution in [0.15, 0.2) is 18.2 Å². The highest BCUT2D eigenvalue weighted by Crippen LogP contribution is 2.08. The van der Waals surface area contributed by atoms with E-state index in [0.29, 0.717) is 0 Å². The number of hydrogen-bond acceptors (Lipinski definition) is 1. The highest BCUT2D eigenvalue weighted by Gasteiger charge is 1.86. The Balaban J connectivity index is 3.17. The standard InChI is InChI=1S/C5H3Cl2N/c6-4-2-1-3-5(7)8-4/h1-3H/i1D. The molecule has 1 heterocycles. The van der Waals surface area contributed by atoms with Gasteiger partial charge in [0.05, 0.1) is 1.37 Å². The van der Waals surface area contributed by atoms with E-state index < -0.39 is 0 Å². The van der Waals surface area contributed by atoms with Gasteiger partial charge in [-0.15, -0.1) is 0 Å². The van der Waals surface area contributed by atoms with Crippen LogP contribution in [0.4, 0.5) is 0 Å². The van der Waals surface area contributed by atoms with Crippen molar-refractivity contribution < 1.29 is 1.37 Å². The maximum atomic E-state index is 7.07. The number of nitrogens with zero attached hydrogens (tertiary/aromatic N) is 1. The summed E-state index contributed by atoms with van der Waals surface area (Å²) in [4.78, 5) is 3.65. The molecule has 42 valence electrons. The highest BCUT2D eigenvalue weighted by atomic mass is 35.5. The van der Waals surface area contributed by atoms with Crippen molar-refractivity contribution in [3.05, 3.63) is 28.5 Å². The van der Waals surface area contributed by atoms with Gasteiger partial charge in [0.2, 0.25) is 0 Å². The van der Waals surface area contributed by atoms with E-state index in [4.69, 9.17) is 24.6 Å². The molecule has 0 saturated carbocycles. The molecule has 0 aliphatic heterocycles. The van der Waals surface area contributed by atoms with Gasteiger partial charge < -0.3 is 0 Å². The summed E-state index contributed by atoms with van der Waals surface area (Å²) in [6.07, 6.45) is 0. The van der Waals surface area contributed by atoms with Crippen LogP contribution in [0, 0.1) is 0 Å². The molecule has 0 aliphatic carbocycles. The van der Waals surface area contributed by atoms with Crippen LogP contribution in [0.25, 0.3) is 0 Å². The van der Waals surface area contributed by atoms with Crippen molar-refractivity contribution in [3.63, 3.8) is 0 Å². The van der Waals surface area contributed by atoms with Crippen molar-refractivity contribution in [2.45, 2.75) is 0 Å². The van der Waals surface area contributed by atoms with Crippen LogP contribution in [0.2, 0.25) is 10.3 Å². The van der Waals surface area contributed by atoms with Crippen molar-refractivity contribution in [1.29, 1.82) is 0 Å². The molecule has 1 aromatic rings. The molecule has 1 rings (SSSR count). The summed E-state index contributed by atoms with van der Waals surface area (Å²) in [5.74, 6) is 0. The van der Waals surface area contributed by atoms with Gasteiger partial charge in [0.25, 0.3) is 0 Å². The first-order valence-electron chi connectivity index (χ1n) is 2.48. The Hall–Kier alpha value is -0.270. The Labute approximate surface area is 58.7 Å². The number of halogens is 2. The summed E-state index contributed by atoms with van der Waals surface area (Å²) in [5, 5.41) is 0.514. The minimum atomic E-state index is 0.257. The van der Waals surface area contributed by atoms with Gasteiger partial charge >= 0.3 is 0 Å². The lowest BCUT2D eigenvalue weighted by Crippen LogP contribution is -1.71. The molecule has 1 nitrogen and oxygen atoms in total. The zero-order chi connectivity index (χ0) is 6.85. The fourth-order valence-electron chi connectivity index (χ4n) is 0.346. The third-order valence-electron chi connectivity index (χ3n) is 0.618. The van der Waals surface area contributed by atoms with Crippen LogP contribution in [0.5, 0.6) is 0 Å². The summed E-state index contributed by atoms with van der Waals surface area (Å²) in [7, 11) is 0. The zero-order valence-electron chi connectivity index (χ0n) is 4.86. The molecule has 0 saturated heterocycles. The third kappa shape index (κ3) is 1.35. The fourth-order valence-corrected chi connectivity index (χ4v) is 0.697. The minimum Gasteiger partial charge on any atom is -0.224 e. The van der Waals surface area contributed by atoms with Crippen LogP contribution in [0.3, 0.4) is 0 Å². The molecule has 0 spiro atoms. The van der Waals surface area contributed by atoms with Crippen molar-refractivity contribution in [3.8, 4) is 0 Å². The predicted octanol–water partition coefficient (Wildman–Crippen LogP) is 2.39. The van der Waals surface area contributed by atoms with E-state index in [-0.39, 0.29) is 16.3 Å². The van der Waals surface area contributed by atoms with Gasteiger partial charge in [-0.2, -0.15) is 0 Å². The Kier molecular flexibility index (Phi) is 1.34. The highest BCUT2D eigenvalue weighted by molar-refractivity contribution is 6.32. The molecule has 0 amide bonds. The average Bonchev–Trinajstić information content (AvgIpc) is 1.59. The lowest BCUT2D eigenvalue weighted by Gasteiger charge is -1.85. The molecule has 8 heavy (non-hydrogen) atoms. The van der Waals surface area contributed by atoms with Gasteiger partial charge in [-0.3, -0.25) is 0 Å². The molecule has 0 radical (unpaired) electrons. The van der Waals surface area contributed by atoms with E-state index in [0.717, 1.165) is 0 Å². The molecule has 3 heteroatoms. The van der Waals surface area contributed by atoms with E-state index in [1.54, 1.807) is 0 Å². The zero-order valence-corrected chi connectivity index (χ0v) is 5.37. The maximum Gasteiger partial charge on any atom is 0.130 e. The summed E-state index contributed by atoms with van der Waals surface area (Å²) in [6, 6.07) is 3.13. The lowest BCUT2D eigenvalue weighted by molar-refractivity contribution is 1.33. The first-order valence-corrected chi connectivity index (χ1v) is 2.74. The van der Waals surface area contributed by atoms with Crippen molar-refractivity contribution >= 4 is 23.2 Å². The monoisotopic (exact) mass is 148 g/mol. The molecule has 0 N–H and O–H groups in total. The molecule has 0 unspecified atom stereocenters. The fraction of sp³-hybridized carbons (Fsp3) is 0. The first-order chi connectivity index (χ1) is 4.18. The van der Waals surface area contributed by atoms with Crippen LogP contribution < -0.4 is 0 Å². The van der Waals surface area contributed by atoms with Crippen LogP contribution in [-0.2, 0) is 0 Å². The normalized spacial score (nSPS) is 11.0. The smallest absolute Gasteiger partial charge is 0.130 e. The topological polar surface area (TPSA) is 12.9 Å². The van der Waals surface area contributed by atoms with E-state index >= 15 is 0 Å². The Morgan fingerprint density at radius 3 is 2.25 bits per heavy atom. The Bertz CT molecular complexity index is 176. The lowest BCUT2D eigenvalue weighted by atomic mass is 10.5. The Morgan fingerprint density at radius 1 is 1.38 bits per heavy atom. The molecule has 0 atom stereocenters. The van der Waals surface area contributed by atoms with Gasteiger partial charge in [-0.05, 0) is 12.1 Å². The van der Waals surface area contributed by atoms with Gasteiger partial charge in [0.1, 0.15) is 10.3 Å². The van der Waals surface area contributed by atoms with E-state index in [1.165, 1.54) is 12.1 Å².